The topological polar surface area (TPSA) is 97.1 Å². The van der Waals surface area contributed by atoms with Crippen LogP contribution in [0.1, 0.15) is 17.7 Å². The van der Waals surface area contributed by atoms with E-state index in [-0.39, 0.29) is 30.4 Å². The van der Waals surface area contributed by atoms with Gasteiger partial charge in [-0.15, -0.1) is 0 Å². The van der Waals surface area contributed by atoms with Gasteiger partial charge in [0.2, 0.25) is 15.9 Å². The average Bonchev–Trinajstić information content (AvgIpc) is 3.30. The molecule has 1 amide bonds. The number of nitrogens with zero attached hydrogens (tertiary/aromatic N) is 2. The standard InChI is InChI=1S/C19H22N2O6S/c1-20(2)28(24,25)17-7-3-5-14(9-17)13-27-19(23)15-10-18(22)21(11-15)12-16-6-4-8-26-16/h3-9,15H,10-13H2,1-2H3/t15-/m0/s1. The van der Waals surface area contributed by atoms with Gasteiger partial charge in [0.1, 0.15) is 12.4 Å². The fraction of sp³-hybridized carbons (Fsp3) is 0.368. The van der Waals surface area contributed by atoms with E-state index in [2.05, 4.69) is 0 Å². The molecule has 0 spiro atoms. The number of ether oxygens (including phenoxy) is 1. The normalized spacial score (nSPS) is 17.3. The van der Waals surface area contributed by atoms with Gasteiger partial charge in [-0.25, -0.2) is 12.7 Å². The van der Waals surface area contributed by atoms with Gasteiger partial charge in [-0.05, 0) is 29.8 Å². The molecule has 1 aromatic carbocycles. The maximum Gasteiger partial charge on any atom is 0.311 e. The van der Waals surface area contributed by atoms with Crippen LogP contribution in [-0.4, -0.2) is 50.1 Å². The Bertz CT molecular complexity index is 953. The molecule has 1 aromatic heterocycles. The molecule has 1 saturated heterocycles. The van der Waals surface area contributed by atoms with Gasteiger partial charge >= 0.3 is 5.97 Å². The van der Waals surface area contributed by atoms with E-state index in [4.69, 9.17) is 9.15 Å². The van der Waals surface area contributed by atoms with Crippen molar-refractivity contribution < 1.29 is 27.2 Å². The highest BCUT2D eigenvalue weighted by Gasteiger charge is 2.35. The van der Waals surface area contributed by atoms with Crippen LogP contribution in [0.4, 0.5) is 0 Å². The van der Waals surface area contributed by atoms with Gasteiger partial charge in [-0.3, -0.25) is 9.59 Å². The summed E-state index contributed by atoms with van der Waals surface area (Å²) in [5.74, 6) is -0.494. The first-order valence-electron chi connectivity index (χ1n) is 8.75. The van der Waals surface area contributed by atoms with Gasteiger partial charge in [-0.2, -0.15) is 0 Å². The monoisotopic (exact) mass is 406 g/mol. The predicted octanol–water partition coefficient (Wildman–Crippen LogP) is 1.62. The highest BCUT2D eigenvalue weighted by atomic mass is 32.2. The quantitative estimate of drug-likeness (QED) is 0.648. The van der Waals surface area contributed by atoms with E-state index < -0.39 is 21.9 Å². The second-order valence-corrected chi connectivity index (χ2v) is 8.95. The molecule has 0 radical (unpaired) electrons. The summed E-state index contributed by atoms with van der Waals surface area (Å²) in [6, 6.07) is 9.77. The summed E-state index contributed by atoms with van der Waals surface area (Å²) < 4.78 is 36.1. The second kappa shape index (κ2) is 8.15. The number of sulfonamides is 1. The number of rotatable bonds is 7. The number of benzene rings is 1. The van der Waals surface area contributed by atoms with E-state index in [0.29, 0.717) is 17.9 Å². The summed E-state index contributed by atoms with van der Waals surface area (Å²) in [6.45, 7) is 0.534. The Morgan fingerprint density at radius 3 is 2.75 bits per heavy atom. The van der Waals surface area contributed by atoms with Crippen molar-refractivity contribution in [1.82, 2.24) is 9.21 Å². The largest absolute Gasteiger partial charge is 0.467 e. The number of furan rings is 1. The average molecular weight is 406 g/mol. The fourth-order valence-electron chi connectivity index (χ4n) is 2.95. The lowest BCUT2D eigenvalue weighted by molar-refractivity contribution is -0.149. The zero-order valence-corrected chi connectivity index (χ0v) is 16.5. The molecule has 1 aliphatic heterocycles. The van der Waals surface area contributed by atoms with E-state index in [1.807, 2.05) is 0 Å². The summed E-state index contributed by atoms with van der Waals surface area (Å²) in [6.07, 6.45) is 1.63. The minimum absolute atomic E-state index is 0.0570. The zero-order chi connectivity index (χ0) is 20.3. The molecule has 2 heterocycles. The first-order chi connectivity index (χ1) is 13.3. The summed E-state index contributed by atoms with van der Waals surface area (Å²) in [7, 11) is -0.656. The van der Waals surface area contributed by atoms with Gasteiger partial charge in [0.15, 0.2) is 0 Å². The Morgan fingerprint density at radius 2 is 2.07 bits per heavy atom. The minimum atomic E-state index is -3.56. The molecular formula is C19H22N2O6S. The number of hydrogen-bond donors (Lipinski definition) is 0. The number of carbonyl (C=O) groups excluding carboxylic acids is 2. The van der Waals surface area contributed by atoms with E-state index in [9.17, 15) is 18.0 Å². The number of esters is 1. The van der Waals surface area contributed by atoms with Crippen molar-refractivity contribution in [3.8, 4) is 0 Å². The third kappa shape index (κ3) is 4.42. The summed E-state index contributed by atoms with van der Waals surface area (Å²) >= 11 is 0. The molecule has 150 valence electrons. The maximum atomic E-state index is 12.4. The van der Waals surface area contributed by atoms with Gasteiger partial charge in [0, 0.05) is 27.1 Å². The molecule has 28 heavy (non-hydrogen) atoms. The van der Waals surface area contributed by atoms with E-state index in [0.717, 1.165) is 4.31 Å². The Labute approximate surface area is 163 Å². The van der Waals surface area contributed by atoms with Crippen LogP contribution in [0.5, 0.6) is 0 Å². The van der Waals surface area contributed by atoms with E-state index >= 15 is 0 Å². The third-order valence-corrected chi connectivity index (χ3v) is 6.34. The number of carbonyl (C=O) groups is 2. The summed E-state index contributed by atoms with van der Waals surface area (Å²) in [4.78, 5) is 26.2. The van der Waals surface area contributed by atoms with Gasteiger partial charge in [-0.1, -0.05) is 12.1 Å². The SMILES string of the molecule is CN(C)S(=O)(=O)c1cccc(COC(=O)[C@H]2CC(=O)N(Cc3ccco3)C2)c1. The summed E-state index contributed by atoms with van der Waals surface area (Å²) in [5.41, 5.74) is 0.563. The van der Waals surface area contributed by atoms with Gasteiger partial charge < -0.3 is 14.1 Å². The van der Waals surface area contributed by atoms with Gasteiger partial charge in [0.05, 0.1) is 23.6 Å². The van der Waals surface area contributed by atoms with Crippen molar-refractivity contribution in [2.45, 2.75) is 24.5 Å². The minimum Gasteiger partial charge on any atom is -0.467 e. The third-order valence-electron chi connectivity index (χ3n) is 4.53. The zero-order valence-electron chi connectivity index (χ0n) is 15.7. The Morgan fingerprint density at radius 1 is 1.29 bits per heavy atom. The Balaban J connectivity index is 1.58. The molecule has 2 aromatic rings. The van der Waals surface area contributed by atoms with E-state index in [1.54, 1.807) is 29.2 Å². The van der Waals surface area contributed by atoms with Crippen LogP contribution in [0.2, 0.25) is 0 Å². The molecule has 1 fully saturated rings. The molecule has 0 bridgehead atoms. The lowest BCUT2D eigenvalue weighted by Gasteiger charge is -2.15. The Hall–Kier alpha value is -2.65. The van der Waals surface area contributed by atoms with Crippen molar-refractivity contribution >= 4 is 21.9 Å². The van der Waals surface area contributed by atoms with Crippen molar-refractivity contribution in [1.29, 1.82) is 0 Å². The molecule has 0 unspecified atom stereocenters. The maximum absolute atomic E-state index is 12.4. The van der Waals surface area contributed by atoms with Crippen molar-refractivity contribution in [2.24, 2.45) is 5.92 Å². The van der Waals surface area contributed by atoms with Crippen LogP contribution in [0.25, 0.3) is 0 Å². The molecule has 3 rings (SSSR count). The Kier molecular flexibility index (Phi) is 5.85. The van der Waals surface area contributed by atoms with Crippen LogP contribution < -0.4 is 0 Å². The van der Waals surface area contributed by atoms with Crippen molar-refractivity contribution in [3.05, 3.63) is 54.0 Å². The van der Waals surface area contributed by atoms with Crippen molar-refractivity contribution in [3.63, 3.8) is 0 Å². The van der Waals surface area contributed by atoms with Gasteiger partial charge in [0.25, 0.3) is 0 Å². The molecule has 0 N–H and O–H groups in total. The van der Waals surface area contributed by atoms with Crippen molar-refractivity contribution in [2.75, 3.05) is 20.6 Å². The first-order valence-corrected chi connectivity index (χ1v) is 10.2. The predicted molar refractivity (Wildman–Crippen MR) is 99.3 cm³/mol. The smallest absolute Gasteiger partial charge is 0.311 e. The molecular weight excluding hydrogens is 384 g/mol. The lowest BCUT2D eigenvalue weighted by atomic mass is 10.1. The number of hydrogen-bond acceptors (Lipinski definition) is 6. The second-order valence-electron chi connectivity index (χ2n) is 6.80. The van der Waals surface area contributed by atoms with Crippen LogP contribution >= 0.6 is 0 Å². The molecule has 9 heteroatoms. The first kappa shape index (κ1) is 20.1. The number of amides is 1. The molecule has 0 saturated carbocycles. The fourth-order valence-corrected chi connectivity index (χ4v) is 3.92. The highest BCUT2D eigenvalue weighted by molar-refractivity contribution is 7.89. The molecule has 8 nitrogen and oxygen atoms in total. The van der Waals surface area contributed by atoms with Crippen LogP contribution in [0, 0.1) is 5.92 Å². The number of likely N-dealkylation sites (tertiary alicyclic amines) is 1. The molecule has 1 aliphatic rings. The van der Waals surface area contributed by atoms with E-state index in [1.165, 1.54) is 32.5 Å². The lowest BCUT2D eigenvalue weighted by Crippen LogP contribution is -2.26. The summed E-state index contributed by atoms with van der Waals surface area (Å²) in [5, 5.41) is 0. The van der Waals surface area contributed by atoms with Crippen LogP contribution in [0.15, 0.2) is 52.0 Å². The van der Waals surface area contributed by atoms with Crippen LogP contribution in [0.3, 0.4) is 0 Å². The highest BCUT2D eigenvalue weighted by Crippen LogP contribution is 2.22. The molecule has 0 aliphatic carbocycles. The van der Waals surface area contributed by atoms with Crippen LogP contribution in [-0.2, 0) is 37.5 Å². The molecule has 1 atom stereocenters.